The van der Waals surface area contributed by atoms with Crippen LogP contribution >= 0.6 is 31.9 Å². The van der Waals surface area contributed by atoms with Gasteiger partial charge in [0.15, 0.2) is 0 Å². The quantitative estimate of drug-likeness (QED) is 0.818. The van der Waals surface area contributed by atoms with Gasteiger partial charge in [-0.3, -0.25) is 4.79 Å². The molecule has 0 aliphatic heterocycles. The Morgan fingerprint density at radius 3 is 2.79 bits per heavy atom. The summed E-state index contributed by atoms with van der Waals surface area (Å²) in [5.41, 5.74) is 1.20. The van der Waals surface area contributed by atoms with Gasteiger partial charge in [0, 0.05) is 21.5 Å². The van der Waals surface area contributed by atoms with Crippen molar-refractivity contribution in [1.82, 2.24) is 5.32 Å². The van der Waals surface area contributed by atoms with Crippen molar-refractivity contribution in [3.8, 4) is 0 Å². The Morgan fingerprint density at radius 1 is 1.32 bits per heavy atom. The minimum absolute atomic E-state index is 0.178. The molecule has 1 aliphatic rings. The van der Waals surface area contributed by atoms with Gasteiger partial charge in [-0.1, -0.05) is 12.5 Å². The predicted octanol–water partition coefficient (Wildman–Crippen LogP) is 3.94. The molecule has 2 rings (SSSR count). The smallest absolute Gasteiger partial charge is 0.306 e. The molecular weight excluding hydrogens is 374 g/mol. The summed E-state index contributed by atoms with van der Waals surface area (Å²) in [6.45, 7) is 0.781. The molecule has 0 amide bonds. The number of benzene rings is 1. The van der Waals surface area contributed by atoms with Gasteiger partial charge in [0.1, 0.15) is 0 Å². The van der Waals surface area contributed by atoms with Gasteiger partial charge in [-0.2, -0.15) is 0 Å². The third-order valence-electron chi connectivity index (χ3n) is 3.60. The molecule has 104 valence electrons. The SMILES string of the molecule is O=C(O)C1CCCC(NCc2ccc(Br)c(Br)c2)C1. The first-order chi connectivity index (χ1) is 9.06. The molecule has 0 radical (unpaired) electrons. The highest BCUT2D eigenvalue weighted by atomic mass is 79.9. The number of carboxylic acids is 1. The summed E-state index contributed by atoms with van der Waals surface area (Å²) in [4.78, 5) is 11.0. The lowest BCUT2D eigenvalue weighted by Crippen LogP contribution is -2.36. The van der Waals surface area contributed by atoms with Gasteiger partial charge in [-0.25, -0.2) is 0 Å². The standard InChI is InChI=1S/C14H17Br2NO2/c15-12-5-4-9(6-13(12)16)8-17-11-3-1-2-10(7-11)14(18)19/h4-6,10-11,17H,1-3,7-8H2,(H,18,19). The maximum atomic E-state index is 11.0. The zero-order valence-corrected chi connectivity index (χ0v) is 13.7. The zero-order valence-electron chi connectivity index (χ0n) is 10.5. The van der Waals surface area contributed by atoms with Crippen LogP contribution in [0.1, 0.15) is 31.2 Å². The number of carbonyl (C=O) groups is 1. The van der Waals surface area contributed by atoms with Gasteiger partial charge in [0.05, 0.1) is 5.92 Å². The number of hydrogen-bond donors (Lipinski definition) is 2. The number of carboxylic acid groups (broad SMARTS) is 1. The first-order valence-corrected chi connectivity index (χ1v) is 8.05. The van der Waals surface area contributed by atoms with E-state index in [-0.39, 0.29) is 5.92 Å². The lowest BCUT2D eigenvalue weighted by molar-refractivity contribution is -0.143. The van der Waals surface area contributed by atoms with E-state index in [1.54, 1.807) is 0 Å². The van der Waals surface area contributed by atoms with Crippen molar-refractivity contribution in [1.29, 1.82) is 0 Å². The summed E-state index contributed by atoms with van der Waals surface area (Å²) >= 11 is 6.94. The van der Waals surface area contributed by atoms with Gasteiger partial charge in [-0.15, -0.1) is 0 Å². The van der Waals surface area contributed by atoms with E-state index in [4.69, 9.17) is 5.11 Å². The molecule has 19 heavy (non-hydrogen) atoms. The number of aliphatic carboxylic acids is 1. The van der Waals surface area contributed by atoms with Gasteiger partial charge in [-0.05, 0) is 68.8 Å². The third kappa shape index (κ3) is 4.29. The van der Waals surface area contributed by atoms with Crippen molar-refractivity contribution in [2.24, 2.45) is 5.92 Å². The lowest BCUT2D eigenvalue weighted by Gasteiger charge is -2.27. The molecule has 0 heterocycles. The van der Waals surface area contributed by atoms with Crippen molar-refractivity contribution in [2.45, 2.75) is 38.3 Å². The molecule has 2 N–H and O–H groups in total. The Bertz CT molecular complexity index is 465. The van der Waals surface area contributed by atoms with Crippen molar-refractivity contribution < 1.29 is 9.90 Å². The molecule has 1 fully saturated rings. The summed E-state index contributed by atoms with van der Waals surface area (Å²) < 4.78 is 2.08. The second-order valence-electron chi connectivity index (χ2n) is 5.03. The first kappa shape index (κ1) is 15.0. The summed E-state index contributed by atoms with van der Waals surface area (Å²) in [7, 11) is 0. The lowest BCUT2D eigenvalue weighted by atomic mass is 9.86. The monoisotopic (exact) mass is 389 g/mol. The minimum atomic E-state index is -0.655. The van der Waals surface area contributed by atoms with E-state index in [9.17, 15) is 4.79 Å². The maximum Gasteiger partial charge on any atom is 0.306 e. The minimum Gasteiger partial charge on any atom is -0.481 e. The number of nitrogens with one attached hydrogen (secondary N) is 1. The van der Waals surface area contributed by atoms with Gasteiger partial charge >= 0.3 is 5.97 Å². The van der Waals surface area contributed by atoms with Crippen molar-refractivity contribution in [3.05, 3.63) is 32.7 Å². The Balaban J connectivity index is 1.87. The average molecular weight is 391 g/mol. The number of rotatable bonds is 4. The Labute approximate surface area is 130 Å². The molecule has 5 heteroatoms. The largest absolute Gasteiger partial charge is 0.481 e. The topological polar surface area (TPSA) is 49.3 Å². The molecule has 1 aromatic rings. The zero-order chi connectivity index (χ0) is 13.8. The molecule has 0 aromatic heterocycles. The van der Waals surface area contributed by atoms with Crippen LogP contribution in [0.3, 0.4) is 0 Å². The molecule has 2 unspecified atom stereocenters. The fourth-order valence-corrected chi connectivity index (χ4v) is 3.18. The summed E-state index contributed by atoms with van der Waals surface area (Å²) in [5, 5.41) is 12.5. The number of hydrogen-bond acceptors (Lipinski definition) is 2. The molecule has 0 bridgehead atoms. The van der Waals surface area contributed by atoms with Crippen LogP contribution in [-0.4, -0.2) is 17.1 Å². The molecule has 3 nitrogen and oxygen atoms in total. The number of halogens is 2. The fraction of sp³-hybridized carbons (Fsp3) is 0.500. The third-order valence-corrected chi connectivity index (χ3v) is 5.48. The van der Waals surface area contributed by atoms with Crippen LogP contribution in [0.5, 0.6) is 0 Å². The van der Waals surface area contributed by atoms with Crippen LogP contribution in [0, 0.1) is 5.92 Å². The van der Waals surface area contributed by atoms with Gasteiger partial charge in [0.2, 0.25) is 0 Å². The van der Waals surface area contributed by atoms with E-state index in [0.29, 0.717) is 6.04 Å². The highest BCUT2D eigenvalue weighted by Gasteiger charge is 2.26. The van der Waals surface area contributed by atoms with E-state index in [2.05, 4.69) is 49.3 Å². The molecular formula is C14H17Br2NO2. The van der Waals surface area contributed by atoms with Gasteiger partial charge < -0.3 is 10.4 Å². The van der Waals surface area contributed by atoms with Crippen LogP contribution in [0.15, 0.2) is 27.1 Å². The molecule has 0 saturated heterocycles. The van der Waals surface area contributed by atoms with Crippen LogP contribution in [-0.2, 0) is 11.3 Å². The summed E-state index contributed by atoms with van der Waals surface area (Å²) in [5.74, 6) is -0.833. The van der Waals surface area contributed by atoms with Crippen LogP contribution in [0.25, 0.3) is 0 Å². The highest BCUT2D eigenvalue weighted by molar-refractivity contribution is 9.13. The maximum absolute atomic E-state index is 11.0. The van der Waals surface area contributed by atoms with E-state index in [1.165, 1.54) is 5.56 Å². The predicted molar refractivity (Wildman–Crippen MR) is 82.1 cm³/mol. The van der Waals surface area contributed by atoms with Crippen molar-refractivity contribution in [3.63, 3.8) is 0 Å². The van der Waals surface area contributed by atoms with Crippen molar-refractivity contribution in [2.75, 3.05) is 0 Å². The van der Waals surface area contributed by atoms with E-state index < -0.39 is 5.97 Å². The fourth-order valence-electron chi connectivity index (χ4n) is 2.51. The van der Waals surface area contributed by atoms with E-state index >= 15 is 0 Å². The summed E-state index contributed by atoms with van der Waals surface area (Å²) in [6.07, 6.45) is 3.63. The molecule has 1 aliphatic carbocycles. The second-order valence-corrected chi connectivity index (χ2v) is 6.74. The normalized spacial score (nSPS) is 23.3. The van der Waals surface area contributed by atoms with E-state index in [1.807, 2.05) is 6.07 Å². The Kier molecular flexibility index (Phi) is 5.42. The van der Waals surface area contributed by atoms with Crippen LogP contribution < -0.4 is 5.32 Å². The van der Waals surface area contributed by atoms with E-state index in [0.717, 1.165) is 41.2 Å². The van der Waals surface area contributed by atoms with Gasteiger partial charge in [0.25, 0.3) is 0 Å². The molecule has 0 spiro atoms. The Morgan fingerprint density at radius 2 is 2.11 bits per heavy atom. The molecule has 1 saturated carbocycles. The van der Waals surface area contributed by atoms with Crippen LogP contribution in [0.2, 0.25) is 0 Å². The average Bonchev–Trinajstić information content (AvgIpc) is 2.40. The summed E-state index contributed by atoms with van der Waals surface area (Å²) in [6, 6.07) is 6.48. The molecule has 2 atom stereocenters. The second kappa shape index (κ2) is 6.86. The Hall–Kier alpha value is -0.390. The highest BCUT2D eigenvalue weighted by Crippen LogP contribution is 2.26. The first-order valence-electron chi connectivity index (χ1n) is 6.46. The molecule has 1 aromatic carbocycles. The van der Waals surface area contributed by atoms with Crippen LogP contribution in [0.4, 0.5) is 0 Å². The van der Waals surface area contributed by atoms with Crippen molar-refractivity contribution >= 4 is 37.8 Å².